The first-order valence-electron chi connectivity index (χ1n) is 4.36. The van der Waals surface area contributed by atoms with Crippen molar-refractivity contribution >= 4 is 0 Å². The molecule has 0 unspecified atom stereocenters. The summed E-state index contributed by atoms with van der Waals surface area (Å²) in [5.74, 6) is 0. The summed E-state index contributed by atoms with van der Waals surface area (Å²) in [7, 11) is 0. The van der Waals surface area contributed by atoms with Crippen LogP contribution in [0.1, 0.15) is 19.3 Å². The van der Waals surface area contributed by atoms with Crippen LogP contribution in [0, 0.1) is 11.3 Å². The molecule has 14 heavy (non-hydrogen) atoms. The number of azide groups is 1. The van der Waals surface area contributed by atoms with E-state index in [1.807, 2.05) is 6.07 Å². The van der Waals surface area contributed by atoms with Crippen LogP contribution >= 0.6 is 0 Å². The van der Waals surface area contributed by atoms with Crippen LogP contribution in [0.4, 0.5) is 0 Å². The molecule has 2 atom stereocenters. The van der Waals surface area contributed by atoms with Gasteiger partial charge in [-0.2, -0.15) is 5.26 Å². The number of rotatable bonds is 1. The van der Waals surface area contributed by atoms with E-state index in [-0.39, 0.29) is 0 Å². The van der Waals surface area contributed by atoms with Crippen molar-refractivity contribution in [1.29, 1.82) is 5.26 Å². The Balaban J connectivity index is 2.25. The van der Waals surface area contributed by atoms with Crippen LogP contribution in [-0.4, -0.2) is 23.6 Å². The molecule has 0 spiro atoms. The second-order valence-electron chi connectivity index (χ2n) is 3.29. The molecular formula is C7H9N5O2. The summed E-state index contributed by atoms with van der Waals surface area (Å²) in [6.07, 6.45) is 1.25. The highest BCUT2D eigenvalue weighted by molar-refractivity contribution is 4.99. The molecule has 0 N–H and O–H groups in total. The maximum absolute atomic E-state index is 8.70. The van der Waals surface area contributed by atoms with Crippen LogP contribution in [0.15, 0.2) is 5.11 Å². The van der Waals surface area contributed by atoms with Gasteiger partial charge in [-0.3, -0.25) is 9.68 Å². The molecule has 0 aliphatic carbocycles. The van der Waals surface area contributed by atoms with Gasteiger partial charge in [0.05, 0.1) is 12.7 Å². The van der Waals surface area contributed by atoms with Crippen molar-refractivity contribution in [2.24, 2.45) is 5.11 Å². The Bertz CT molecular complexity index is 321. The molecule has 2 rings (SSSR count). The van der Waals surface area contributed by atoms with E-state index in [9.17, 15) is 0 Å². The molecule has 0 amide bonds. The van der Waals surface area contributed by atoms with Crippen LogP contribution in [0.2, 0.25) is 0 Å². The van der Waals surface area contributed by atoms with Crippen molar-refractivity contribution in [3.8, 4) is 6.07 Å². The summed E-state index contributed by atoms with van der Waals surface area (Å²) in [6.45, 7) is 0.529. The van der Waals surface area contributed by atoms with Gasteiger partial charge in [-0.15, -0.1) is 0 Å². The average Bonchev–Trinajstić information content (AvgIpc) is 2.56. The lowest BCUT2D eigenvalue weighted by Gasteiger charge is -2.34. The molecule has 0 bridgehead atoms. The number of nitriles is 1. The van der Waals surface area contributed by atoms with Gasteiger partial charge in [-0.1, -0.05) is 10.3 Å². The fourth-order valence-corrected chi connectivity index (χ4v) is 1.75. The Kier molecular flexibility index (Phi) is 2.27. The number of hydroxylamine groups is 2. The maximum atomic E-state index is 8.70. The van der Waals surface area contributed by atoms with Crippen molar-refractivity contribution in [3.05, 3.63) is 10.4 Å². The highest BCUT2D eigenvalue weighted by Crippen LogP contribution is 2.39. The van der Waals surface area contributed by atoms with Crippen LogP contribution in [-0.2, 0) is 9.68 Å². The van der Waals surface area contributed by atoms with E-state index in [4.69, 9.17) is 20.5 Å². The van der Waals surface area contributed by atoms with E-state index in [1.54, 1.807) is 0 Å². The zero-order chi connectivity index (χ0) is 10.0. The number of hydrogen-bond donors (Lipinski definition) is 0. The number of fused-ring (bicyclic) bond motifs is 1. The van der Waals surface area contributed by atoms with Crippen LogP contribution in [0.5, 0.6) is 0 Å². The van der Waals surface area contributed by atoms with Gasteiger partial charge in [0.15, 0.2) is 11.8 Å². The summed E-state index contributed by atoms with van der Waals surface area (Å²) >= 11 is 0. The molecule has 0 aromatic rings. The zero-order valence-electron chi connectivity index (χ0n) is 7.46. The SMILES string of the molecule is N#C[C@@H]1C[C@@]2(N=[N+]=[N-])CCCON2O1. The second kappa shape index (κ2) is 3.44. The quantitative estimate of drug-likeness (QED) is 0.357. The Labute approximate surface area is 80.3 Å². The molecule has 74 valence electrons. The van der Waals surface area contributed by atoms with Gasteiger partial charge in [0, 0.05) is 11.3 Å². The third kappa shape index (κ3) is 1.31. The average molecular weight is 195 g/mol. The summed E-state index contributed by atoms with van der Waals surface area (Å²) in [6, 6.07) is 1.98. The molecule has 0 saturated carbocycles. The van der Waals surface area contributed by atoms with Crippen molar-refractivity contribution in [2.45, 2.75) is 31.0 Å². The summed E-state index contributed by atoms with van der Waals surface area (Å²) in [5, 5.41) is 13.6. The van der Waals surface area contributed by atoms with Gasteiger partial charge in [-0.05, 0) is 18.4 Å². The minimum atomic E-state index is -0.812. The lowest BCUT2D eigenvalue weighted by molar-refractivity contribution is -0.399. The van der Waals surface area contributed by atoms with Gasteiger partial charge >= 0.3 is 0 Å². The largest absolute Gasteiger partial charge is 0.274 e. The highest BCUT2D eigenvalue weighted by atomic mass is 17.0. The molecular weight excluding hydrogens is 186 g/mol. The van der Waals surface area contributed by atoms with Gasteiger partial charge in [-0.25, -0.2) is 0 Å². The van der Waals surface area contributed by atoms with Crippen molar-refractivity contribution < 1.29 is 9.68 Å². The van der Waals surface area contributed by atoms with E-state index in [2.05, 4.69) is 10.0 Å². The molecule has 2 heterocycles. The van der Waals surface area contributed by atoms with Gasteiger partial charge < -0.3 is 0 Å². The third-order valence-electron chi connectivity index (χ3n) is 2.38. The molecule has 0 aromatic heterocycles. The Morgan fingerprint density at radius 2 is 2.57 bits per heavy atom. The third-order valence-corrected chi connectivity index (χ3v) is 2.38. The van der Waals surface area contributed by atoms with Gasteiger partial charge in [0.25, 0.3) is 0 Å². The minimum Gasteiger partial charge on any atom is -0.274 e. The second-order valence-corrected chi connectivity index (χ2v) is 3.29. The molecule has 2 aliphatic rings. The highest BCUT2D eigenvalue weighted by Gasteiger charge is 2.50. The Morgan fingerprint density at radius 3 is 3.29 bits per heavy atom. The molecule has 7 nitrogen and oxygen atoms in total. The van der Waals surface area contributed by atoms with Crippen molar-refractivity contribution in [3.63, 3.8) is 0 Å². The Hall–Kier alpha value is -1.32. The van der Waals surface area contributed by atoms with E-state index < -0.39 is 11.8 Å². The fraction of sp³-hybridized carbons (Fsp3) is 0.857. The maximum Gasteiger partial charge on any atom is 0.170 e. The summed E-state index contributed by atoms with van der Waals surface area (Å²) in [5.41, 5.74) is 7.64. The smallest absolute Gasteiger partial charge is 0.170 e. The zero-order valence-corrected chi connectivity index (χ0v) is 7.46. The predicted octanol–water partition coefficient (Wildman–Crippen LogP) is 1.25. The molecule has 0 aromatic carbocycles. The first kappa shape index (κ1) is 9.24. The normalized spacial score (nSPS) is 36.9. The summed E-state index contributed by atoms with van der Waals surface area (Å²) < 4.78 is 0. The molecule has 2 fully saturated rings. The van der Waals surface area contributed by atoms with E-state index >= 15 is 0 Å². The first-order chi connectivity index (χ1) is 6.80. The van der Waals surface area contributed by atoms with Gasteiger partial charge in [0.1, 0.15) is 0 Å². The minimum absolute atomic E-state index is 0.369. The van der Waals surface area contributed by atoms with Crippen molar-refractivity contribution in [2.75, 3.05) is 6.61 Å². The standard InChI is InChI=1S/C7H9N5O2/c8-5-6-4-7(10-11-9)2-1-3-13-12(7)14-6/h6H,1-4H2/t6-,7+/m0/s1. The lowest BCUT2D eigenvalue weighted by Crippen LogP contribution is -2.44. The van der Waals surface area contributed by atoms with Gasteiger partial charge in [0.2, 0.25) is 0 Å². The molecule has 2 saturated heterocycles. The summed E-state index contributed by atoms with van der Waals surface area (Å²) in [4.78, 5) is 13.1. The van der Waals surface area contributed by atoms with E-state index in [0.717, 1.165) is 6.42 Å². The topological polar surface area (TPSA) is 94.2 Å². The molecule has 0 radical (unpaired) electrons. The van der Waals surface area contributed by atoms with Crippen molar-refractivity contribution in [1.82, 2.24) is 5.23 Å². The lowest BCUT2D eigenvalue weighted by atomic mass is 9.99. The molecule has 7 heteroatoms. The molecule has 2 aliphatic heterocycles. The monoisotopic (exact) mass is 195 g/mol. The number of nitrogens with zero attached hydrogens (tertiary/aromatic N) is 5. The predicted molar refractivity (Wildman–Crippen MR) is 44.0 cm³/mol. The van der Waals surface area contributed by atoms with Crippen LogP contribution in [0.3, 0.4) is 0 Å². The van der Waals surface area contributed by atoms with Crippen LogP contribution in [0.25, 0.3) is 10.4 Å². The first-order valence-corrected chi connectivity index (χ1v) is 4.36. The number of hydrogen-bond acceptors (Lipinski definition) is 5. The Morgan fingerprint density at radius 1 is 1.71 bits per heavy atom. The van der Waals surface area contributed by atoms with E-state index in [1.165, 1.54) is 5.23 Å². The van der Waals surface area contributed by atoms with E-state index in [0.29, 0.717) is 19.4 Å². The van der Waals surface area contributed by atoms with Crippen LogP contribution < -0.4 is 0 Å². The fourth-order valence-electron chi connectivity index (χ4n) is 1.75.